The Morgan fingerprint density at radius 3 is 2.70 bits per heavy atom. The summed E-state index contributed by atoms with van der Waals surface area (Å²) in [6.45, 7) is 4.16. The lowest BCUT2D eigenvalue weighted by atomic mass is 10.2. The Labute approximate surface area is 69.2 Å². The van der Waals surface area contributed by atoms with Gasteiger partial charge in [-0.25, -0.2) is 0 Å². The summed E-state index contributed by atoms with van der Waals surface area (Å²) in [4.78, 5) is 0. The highest BCUT2D eigenvalue weighted by Gasteiger charge is 2.05. The van der Waals surface area contributed by atoms with Gasteiger partial charge in [0.15, 0.2) is 0 Å². The molecule has 1 heterocycles. The summed E-state index contributed by atoms with van der Waals surface area (Å²) in [7, 11) is 0. The molecule has 3 heteroatoms. The molecule has 2 nitrogen and oxygen atoms in total. The molecule has 0 aromatic carbocycles. The van der Waals surface area contributed by atoms with Gasteiger partial charge in [0.2, 0.25) is 0 Å². The van der Waals surface area contributed by atoms with E-state index in [4.69, 9.17) is 0 Å². The van der Waals surface area contributed by atoms with Gasteiger partial charge in [-0.3, -0.25) is 5.10 Å². The molecule has 0 unspecified atom stereocenters. The topological polar surface area (TPSA) is 28.7 Å². The smallest absolute Gasteiger partial charge is 0.0662 e. The van der Waals surface area contributed by atoms with Crippen LogP contribution in [0.3, 0.4) is 0 Å². The molecular weight excluding hydrogens is 192 g/mol. The van der Waals surface area contributed by atoms with E-state index in [1.54, 1.807) is 0 Å². The molecule has 0 bridgehead atoms. The molecule has 0 radical (unpaired) electrons. The van der Waals surface area contributed by atoms with Crippen LogP contribution in [0.4, 0.5) is 0 Å². The van der Waals surface area contributed by atoms with Crippen molar-refractivity contribution in [2.24, 2.45) is 0 Å². The first kappa shape index (κ1) is 7.79. The maximum Gasteiger partial charge on any atom is 0.0662 e. The van der Waals surface area contributed by atoms with Crippen LogP contribution < -0.4 is 0 Å². The summed E-state index contributed by atoms with van der Waals surface area (Å²) in [6.07, 6.45) is 1.01. The summed E-state index contributed by atoms with van der Waals surface area (Å²) in [5.41, 5.74) is 3.66. The zero-order valence-corrected chi connectivity index (χ0v) is 7.83. The van der Waals surface area contributed by atoms with E-state index in [-0.39, 0.29) is 0 Å². The van der Waals surface area contributed by atoms with Crippen LogP contribution in [-0.2, 0) is 11.8 Å². The number of aromatic amines is 1. The molecule has 0 spiro atoms. The summed E-state index contributed by atoms with van der Waals surface area (Å²) in [5, 5.41) is 8.01. The Balaban J connectivity index is 3.01. The van der Waals surface area contributed by atoms with Gasteiger partial charge in [-0.05, 0) is 13.3 Å². The van der Waals surface area contributed by atoms with Gasteiger partial charge >= 0.3 is 0 Å². The van der Waals surface area contributed by atoms with E-state index in [2.05, 4.69) is 33.1 Å². The molecule has 0 saturated heterocycles. The lowest BCUT2D eigenvalue weighted by Crippen LogP contribution is -1.85. The third-order valence-electron chi connectivity index (χ3n) is 1.63. The molecule has 0 saturated carbocycles. The number of rotatable bonds is 2. The fourth-order valence-electron chi connectivity index (χ4n) is 0.973. The zero-order valence-electron chi connectivity index (χ0n) is 6.24. The fraction of sp³-hybridized carbons (Fsp3) is 0.571. The molecule has 0 atom stereocenters. The minimum absolute atomic E-state index is 0.901. The monoisotopic (exact) mass is 202 g/mol. The minimum Gasteiger partial charge on any atom is -0.282 e. The number of hydrogen-bond donors (Lipinski definition) is 1. The Hall–Kier alpha value is -0.310. The predicted molar refractivity (Wildman–Crippen MR) is 45.3 cm³/mol. The van der Waals surface area contributed by atoms with Gasteiger partial charge in [-0.1, -0.05) is 22.9 Å². The Kier molecular flexibility index (Phi) is 2.49. The number of nitrogens with one attached hydrogen (secondary N) is 1. The van der Waals surface area contributed by atoms with Crippen LogP contribution in [0.15, 0.2) is 0 Å². The fourth-order valence-corrected chi connectivity index (χ4v) is 1.72. The molecule has 0 fully saturated rings. The highest BCUT2D eigenvalue weighted by atomic mass is 79.9. The van der Waals surface area contributed by atoms with E-state index in [1.165, 1.54) is 17.0 Å². The molecule has 0 aliphatic rings. The number of alkyl halides is 1. The zero-order chi connectivity index (χ0) is 7.56. The van der Waals surface area contributed by atoms with E-state index < -0.39 is 0 Å². The number of hydrogen-bond acceptors (Lipinski definition) is 1. The van der Waals surface area contributed by atoms with E-state index in [0.717, 1.165) is 11.8 Å². The van der Waals surface area contributed by atoms with Crippen LogP contribution in [0.1, 0.15) is 23.9 Å². The van der Waals surface area contributed by atoms with Crippen molar-refractivity contribution in [1.82, 2.24) is 10.2 Å². The molecule has 0 amide bonds. The molecule has 1 rings (SSSR count). The summed E-state index contributed by atoms with van der Waals surface area (Å²) in [5.74, 6) is 0. The highest BCUT2D eigenvalue weighted by Crippen LogP contribution is 2.13. The molecule has 1 N–H and O–H groups in total. The van der Waals surface area contributed by atoms with E-state index in [9.17, 15) is 0 Å². The largest absolute Gasteiger partial charge is 0.282 e. The average Bonchev–Trinajstić information content (AvgIpc) is 2.30. The second-order valence-electron chi connectivity index (χ2n) is 2.26. The van der Waals surface area contributed by atoms with Crippen molar-refractivity contribution < 1.29 is 0 Å². The lowest BCUT2D eigenvalue weighted by molar-refractivity contribution is 0.959. The first-order valence-electron chi connectivity index (χ1n) is 3.38. The average molecular weight is 203 g/mol. The predicted octanol–water partition coefficient (Wildman–Crippen LogP) is 2.18. The van der Waals surface area contributed by atoms with Crippen molar-refractivity contribution in [3.63, 3.8) is 0 Å². The molecular formula is C7H11BrN2. The molecule has 0 aliphatic carbocycles. The van der Waals surface area contributed by atoms with Gasteiger partial charge in [0.25, 0.3) is 0 Å². The van der Waals surface area contributed by atoms with Gasteiger partial charge in [0.1, 0.15) is 0 Å². The summed E-state index contributed by atoms with van der Waals surface area (Å²) < 4.78 is 0. The van der Waals surface area contributed by atoms with Crippen LogP contribution in [-0.4, -0.2) is 10.2 Å². The number of nitrogens with zero attached hydrogens (tertiary/aromatic N) is 1. The number of H-pyrrole nitrogens is 1. The quantitative estimate of drug-likeness (QED) is 0.733. The first-order chi connectivity index (χ1) is 4.79. The number of halogens is 1. The molecule has 10 heavy (non-hydrogen) atoms. The SMILES string of the molecule is CCc1n[nH]c(C)c1CBr. The van der Waals surface area contributed by atoms with Crippen molar-refractivity contribution in [2.75, 3.05) is 0 Å². The van der Waals surface area contributed by atoms with Crippen LogP contribution in [0.2, 0.25) is 0 Å². The van der Waals surface area contributed by atoms with E-state index in [0.29, 0.717) is 0 Å². The van der Waals surface area contributed by atoms with Gasteiger partial charge < -0.3 is 0 Å². The Bertz CT molecular complexity index is 217. The van der Waals surface area contributed by atoms with Crippen molar-refractivity contribution in [1.29, 1.82) is 0 Å². The second kappa shape index (κ2) is 3.19. The normalized spacial score (nSPS) is 10.3. The second-order valence-corrected chi connectivity index (χ2v) is 2.82. The molecule has 0 aliphatic heterocycles. The van der Waals surface area contributed by atoms with Crippen molar-refractivity contribution in [2.45, 2.75) is 25.6 Å². The third-order valence-corrected chi connectivity index (χ3v) is 2.19. The van der Waals surface area contributed by atoms with Crippen molar-refractivity contribution in [3.8, 4) is 0 Å². The summed E-state index contributed by atoms with van der Waals surface area (Å²) in [6, 6.07) is 0. The van der Waals surface area contributed by atoms with Gasteiger partial charge in [-0.2, -0.15) is 5.10 Å². The standard InChI is InChI=1S/C7H11BrN2/c1-3-7-6(4-8)5(2)9-10-7/h3-4H2,1-2H3,(H,9,10). The number of aryl methyl sites for hydroxylation is 2. The maximum absolute atomic E-state index is 4.15. The lowest BCUT2D eigenvalue weighted by Gasteiger charge is -1.93. The van der Waals surface area contributed by atoms with E-state index in [1.807, 2.05) is 6.92 Å². The van der Waals surface area contributed by atoms with Gasteiger partial charge in [0, 0.05) is 16.6 Å². The van der Waals surface area contributed by atoms with Crippen molar-refractivity contribution >= 4 is 15.9 Å². The van der Waals surface area contributed by atoms with Crippen LogP contribution in [0.5, 0.6) is 0 Å². The van der Waals surface area contributed by atoms with Crippen LogP contribution in [0, 0.1) is 6.92 Å². The molecule has 56 valence electrons. The first-order valence-corrected chi connectivity index (χ1v) is 4.50. The highest BCUT2D eigenvalue weighted by molar-refractivity contribution is 9.08. The summed E-state index contributed by atoms with van der Waals surface area (Å²) >= 11 is 3.42. The Morgan fingerprint density at radius 1 is 1.60 bits per heavy atom. The third kappa shape index (κ3) is 1.24. The van der Waals surface area contributed by atoms with Gasteiger partial charge in [0.05, 0.1) is 5.69 Å². The number of aromatic nitrogens is 2. The van der Waals surface area contributed by atoms with E-state index >= 15 is 0 Å². The molecule has 1 aromatic heterocycles. The maximum atomic E-state index is 4.15. The van der Waals surface area contributed by atoms with Crippen molar-refractivity contribution in [3.05, 3.63) is 17.0 Å². The van der Waals surface area contributed by atoms with Crippen LogP contribution in [0.25, 0.3) is 0 Å². The molecule has 1 aromatic rings. The Morgan fingerprint density at radius 2 is 2.30 bits per heavy atom. The minimum atomic E-state index is 0.901. The van der Waals surface area contributed by atoms with Crippen LogP contribution >= 0.6 is 15.9 Å². The van der Waals surface area contributed by atoms with Gasteiger partial charge in [-0.15, -0.1) is 0 Å².